The summed E-state index contributed by atoms with van der Waals surface area (Å²) >= 11 is 3.33. The molecule has 0 saturated heterocycles. The van der Waals surface area contributed by atoms with Gasteiger partial charge in [0.25, 0.3) is 0 Å². The van der Waals surface area contributed by atoms with Gasteiger partial charge >= 0.3 is 0 Å². The van der Waals surface area contributed by atoms with Crippen molar-refractivity contribution in [3.05, 3.63) is 64.1 Å². The van der Waals surface area contributed by atoms with Crippen LogP contribution in [0.15, 0.2) is 57.9 Å². The Bertz CT molecular complexity index is 756. The quantitative estimate of drug-likeness (QED) is 0.817. The second-order valence-electron chi connectivity index (χ2n) is 5.57. The van der Waals surface area contributed by atoms with E-state index in [0.29, 0.717) is 11.4 Å². The van der Waals surface area contributed by atoms with E-state index < -0.39 is 9.84 Å². The monoisotopic (exact) mass is 379 g/mol. The van der Waals surface area contributed by atoms with Gasteiger partial charge in [-0.1, -0.05) is 40.2 Å². The zero-order valence-corrected chi connectivity index (χ0v) is 14.6. The number of hydrogen-bond donors (Lipinski definition) is 0. The number of halogens is 1. The molecule has 3 nitrogen and oxygen atoms in total. The summed E-state index contributed by atoms with van der Waals surface area (Å²) in [6.07, 6.45) is 0.995. The molecule has 1 aliphatic heterocycles. The van der Waals surface area contributed by atoms with Crippen LogP contribution in [-0.4, -0.2) is 32.2 Å². The molecule has 3 rings (SSSR count). The molecule has 0 spiro atoms. The summed E-state index contributed by atoms with van der Waals surface area (Å²) in [6, 6.07) is 15.2. The lowest BCUT2D eigenvalue weighted by molar-refractivity contribution is 0.269. The predicted octanol–water partition coefficient (Wildman–Crippen LogP) is 3.28. The Hall–Kier alpha value is -1.17. The van der Waals surface area contributed by atoms with Crippen LogP contribution in [0.3, 0.4) is 0 Å². The summed E-state index contributed by atoms with van der Waals surface area (Å²) in [5.74, 6) is 0.163. The molecule has 0 saturated carbocycles. The molecule has 2 aromatic rings. The van der Waals surface area contributed by atoms with Crippen LogP contribution >= 0.6 is 15.9 Å². The molecule has 0 bridgehead atoms. The Balaban J connectivity index is 1.64. The molecule has 1 heterocycles. The summed E-state index contributed by atoms with van der Waals surface area (Å²) in [4.78, 5) is 2.62. The standard InChI is InChI=1S/C17H18BrNO2S/c18-16-5-7-17(8-6-16)22(20,21)12-11-19-10-9-14-3-1-2-4-15(14)13-19/h1-8H,9-13H2. The van der Waals surface area contributed by atoms with Crippen LogP contribution in [0.25, 0.3) is 0 Å². The third kappa shape index (κ3) is 3.59. The maximum Gasteiger partial charge on any atom is 0.179 e. The SMILES string of the molecule is O=S(=O)(CCN1CCc2ccccc2C1)c1ccc(Br)cc1. The number of benzene rings is 2. The Morgan fingerprint density at radius 3 is 2.41 bits per heavy atom. The first-order chi connectivity index (χ1) is 10.5. The number of sulfone groups is 1. The van der Waals surface area contributed by atoms with Gasteiger partial charge in [0.1, 0.15) is 0 Å². The summed E-state index contributed by atoms with van der Waals surface area (Å²) in [7, 11) is -3.22. The van der Waals surface area contributed by atoms with Crippen molar-refractivity contribution in [3.8, 4) is 0 Å². The van der Waals surface area contributed by atoms with Crippen molar-refractivity contribution in [1.82, 2.24) is 4.90 Å². The summed E-state index contributed by atoms with van der Waals surface area (Å²) < 4.78 is 25.7. The van der Waals surface area contributed by atoms with E-state index in [2.05, 4.69) is 39.0 Å². The van der Waals surface area contributed by atoms with Crippen molar-refractivity contribution in [2.45, 2.75) is 17.9 Å². The molecule has 0 fully saturated rings. The number of fused-ring (bicyclic) bond motifs is 1. The van der Waals surface area contributed by atoms with Crippen LogP contribution in [0.1, 0.15) is 11.1 Å². The van der Waals surface area contributed by atoms with Crippen LogP contribution in [0, 0.1) is 0 Å². The minimum absolute atomic E-state index is 0.163. The highest BCUT2D eigenvalue weighted by atomic mass is 79.9. The molecule has 0 N–H and O–H groups in total. The Morgan fingerprint density at radius 2 is 1.68 bits per heavy atom. The summed E-state index contributed by atoms with van der Waals surface area (Å²) in [6.45, 7) is 2.34. The van der Waals surface area contributed by atoms with Crippen LogP contribution in [-0.2, 0) is 22.8 Å². The van der Waals surface area contributed by atoms with Crippen LogP contribution < -0.4 is 0 Å². The first kappa shape index (κ1) is 15.7. The van der Waals surface area contributed by atoms with Crippen LogP contribution in [0.4, 0.5) is 0 Å². The van der Waals surface area contributed by atoms with E-state index in [9.17, 15) is 8.42 Å². The highest BCUT2D eigenvalue weighted by Gasteiger charge is 2.19. The molecule has 5 heteroatoms. The van der Waals surface area contributed by atoms with Gasteiger partial charge in [0.15, 0.2) is 9.84 Å². The topological polar surface area (TPSA) is 37.4 Å². The normalized spacial score (nSPS) is 15.5. The van der Waals surface area contributed by atoms with Crippen molar-refractivity contribution in [1.29, 1.82) is 0 Å². The Kier molecular flexibility index (Phi) is 4.66. The van der Waals surface area contributed by atoms with Crippen LogP contribution in [0.5, 0.6) is 0 Å². The van der Waals surface area contributed by atoms with E-state index in [-0.39, 0.29) is 5.75 Å². The van der Waals surface area contributed by atoms with Crippen molar-refractivity contribution in [3.63, 3.8) is 0 Å². The number of nitrogens with zero attached hydrogens (tertiary/aromatic N) is 1. The molecule has 0 aromatic heterocycles. The molecule has 0 amide bonds. The van der Waals surface area contributed by atoms with Crippen molar-refractivity contribution < 1.29 is 8.42 Å². The first-order valence-electron chi connectivity index (χ1n) is 7.32. The fourth-order valence-electron chi connectivity index (χ4n) is 2.75. The fraction of sp³-hybridized carbons (Fsp3) is 0.294. The smallest absolute Gasteiger partial charge is 0.179 e. The maximum absolute atomic E-state index is 12.4. The van der Waals surface area contributed by atoms with Crippen molar-refractivity contribution in [2.24, 2.45) is 0 Å². The van der Waals surface area contributed by atoms with Gasteiger partial charge in [-0.3, -0.25) is 4.90 Å². The predicted molar refractivity (Wildman–Crippen MR) is 91.6 cm³/mol. The summed E-state index contributed by atoms with van der Waals surface area (Å²) in [5, 5.41) is 0. The van der Waals surface area contributed by atoms with Gasteiger partial charge in [-0.25, -0.2) is 8.42 Å². The van der Waals surface area contributed by atoms with E-state index in [0.717, 1.165) is 24.0 Å². The zero-order valence-electron chi connectivity index (χ0n) is 12.2. The molecule has 0 aliphatic carbocycles. The van der Waals surface area contributed by atoms with E-state index in [1.54, 1.807) is 24.3 Å². The van der Waals surface area contributed by atoms with E-state index in [4.69, 9.17) is 0 Å². The van der Waals surface area contributed by atoms with Gasteiger partial charge in [0.2, 0.25) is 0 Å². The van der Waals surface area contributed by atoms with Crippen LogP contribution in [0.2, 0.25) is 0 Å². The first-order valence-corrected chi connectivity index (χ1v) is 9.76. The molecule has 0 unspecified atom stereocenters. The van der Waals surface area contributed by atoms with Gasteiger partial charge < -0.3 is 0 Å². The van der Waals surface area contributed by atoms with Crippen molar-refractivity contribution >= 4 is 25.8 Å². The highest BCUT2D eigenvalue weighted by Crippen LogP contribution is 2.20. The van der Waals surface area contributed by atoms with E-state index >= 15 is 0 Å². The number of hydrogen-bond acceptors (Lipinski definition) is 3. The molecule has 1 aliphatic rings. The van der Waals surface area contributed by atoms with Gasteiger partial charge in [-0.2, -0.15) is 0 Å². The summed E-state index contributed by atoms with van der Waals surface area (Å²) in [5.41, 5.74) is 2.70. The zero-order chi connectivity index (χ0) is 15.6. The minimum atomic E-state index is -3.22. The molecule has 2 aromatic carbocycles. The van der Waals surface area contributed by atoms with Crippen molar-refractivity contribution in [2.75, 3.05) is 18.8 Å². The van der Waals surface area contributed by atoms with Gasteiger partial charge in [0.05, 0.1) is 10.6 Å². The maximum atomic E-state index is 12.4. The third-order valence-corrected chi connectivity index (χ3v) is 6.30. The molecular formula is C17H18BrNO2S. The molecule has 0 atom stereocenters. The minimum Gasteiger partial charge on any atom is -0.298 e. The highest BCUT2D eigenvalue weighted by molar-refractivity contribution is 9.10. The lowest BCUT2D eigenvalue weighted by Crippen LogP contribution is -2.34. The van der Waals surface area contributed by atoms with Gasteiger partial charge in [0, 0.05) is 24.1 Å². The second-order valence-corrected chi connectivity index (χ2v) is 8.59. The molecule has 0 radical (unpaired) electrons. The number of rotatable bonds is 4. The average Bonchev–Trinajstić information content (AvgIpc) is 2.53. The third-order valence-electron chi connectivity index (χ3n) is 4.06. The lowest BCUT2D eigenvalue weighted by atomic mass is 10.0. The molecular weight excluding hydrogens is 362 g/mol. The van der Waals surface area contributed by atoms with E-state index in [1.807, 2.05) is 6.07 Å². The van der Waals surface area contributed by atoms with Gasteiger partial charge in [-0.05, 0) is 41.8 Å². The Morgan fingerprint density at radius 1 is 1.00 bits per heavy atom. The molecule has 116 valence electrons. The van der Waals surface area contributed by atoms with Gasteiger partial charge in [-0.15, -0.1) is 0 Å². The second kappa shape index (κ2) is 6.52. The molecule has 22 heavy (non-hydrogen) atoms. The fourth-order valence-corrected chi connectivity index (χ4v) is 4.30. The average molecular weight is 380 g/mol. The lowest BCUT2D eigenvalue weighted by Gasteiger charge is -2.28. The Labute approximate surface area is 140 Å². The largest absolute Gasteiger partial charge is 0.298 e. The van der Waals surface area contributed by atoms with E-state index in [1.165, 1.54) is 11.1 Å².